The van der Waals surface area contributed by atoms with Gasteiger partial charge in [0.1, 0.15) is 12.0 Å². The number of likely N-dealkylation sites (N-methyl/N-ethyl adjacent to an activating group) is 1. The molecule has 1 fully saturated rings. The van der Waals surface area contributed by atoms with E-state index in [4.69, 9.17) is 4.74 Å². The van der Waals surface area contributed by atoms with Gasteiger partial charge in [0.2, 0.25) is 0 Å². The van der Waals surface area contributed by atoms with Crippen LogP contribution in [0, 0.1) is 13.8 Å². The van der Waals surface area contributed by atoms with Crippen molar-refractivity contribution >= 4 is 17.9 Å². The van der Waals surface area contributed by atoms with E-state index in [1.165, 1.54) is 14.0 Å². The van der Waals surface area contributed by atoms with Crippen LogP contribution in [0.2, 0.25) is 0 Å². The molecule has 0 spiro atoms. The van der Waals surface area contributed by atoms with E-state index in [2.05, 4.69) is 0 Å². The van der Waals surface area contributed by atoms with Gasteiger partial charge in [-0.15, -0.1) is 0 Å². The second-order valence-corrected chi connectivity index (χ2v) is 11.7. The number of aromatic hydroxyl groups is 4. The average molecular weight is 586 g/mol. The second kappa shape index (κ2) is 9.13. The standard InChI is InChI=1S/C32H31N3O8/c1-13-9-15-10-20-32(42)35-19(24(33(20)3)22(15)28(39)29(13)43-4)11-18-23(27(38)26(37)14(2)25(18)36)21(35)12-34-30(40)16-7-5-6-8-17(16)31(34)41/h5-9,11,20-21,24,32,36-39,42H,10,12H2,1-4H3/t20-,21-,24-,32-/m0/s1. The zero-order chi connectivity index (χ0) is 30.6. The molecule has 0 aliphatic carbocycles. The Bertz CT molecular complexity index is 1760. The van der Waals surface area contributed by atoms with Crippen molar-refractivity contribution in [2.24, 2.45) is 0 Å². The van der Waals surface area contributed by atoms with Crippen LogP contribution in [0.25, 0.3) is 6.08 Å². The van der Waals surface area contributed by atoms with Gasteiger partial charge in [0.25, 0.3) is 11.8 Å². The van der Waals surface area contributed by atoms with Crippen LogP contribution in [0.1, 0.15) is 66.2 Å². The number of aryl methyl sites for hydroxylation is 1. The van der Waals surface area contributed by atoms with Crippen LogP contribution in [-0.2, 0) is 6.42 Å². The van der Waals surface area contributed by atoms with Crippen molar-refractivity contribution in [3.63, 3.8) is 0 Å². The first-order chi connectivity index (χ1) is 20.5. The summed E-state index contributed by atoms with van der Waals surface area (Å²) in [6.45, 7) is 3.00. The molecule has 1 saturated heterocycles. The molecule has 3 aromatic rings. The van der Waals surface area contributed by atoms with E-state index >= 15 is 0 Å². The van der Waals surface area contributed by atoms with Crippen molar-refractivity contribution in [3.05, 3.63) is 80.5 Å². The molecule has 2 bridgehead atoms. The van der Waals surface area contributed by atoms with Crippen molar-refractivity contribution < 1.29 is 39.9 Å². The summed E-state index contributed by atoms with van der Waals surface area (Å²) >= 11 is 0. The summed E-state index contributed by atoms with van der Waals surface area (Å²) in [7, 11) is 3.31. The molecule has 0 radical (unpaired) electrons. The maximum atomic E-state index is 13.5. The van der Waals surface area contributed by atoms with Gasteiger partial charge in [0.15, 0.2) is 23.0 Å². The number of piperazine rings is 1. The van der Waals surface area contributed by atoms with E-state index in [1.54, 1.807) is 35.2 Å². The number of amides is 2. The highest BCUT2D eigenvalue weighted by Crippen LogP contribution is 2.58. The van der Waals surface area contributed by atoms with Crippen LogP contribution in [0.5, 0.6) is 28.7 Å². The van der Waals surface area contributed by atoms with E-state index in [1.807, 2.05) is 24.9 Å². The summed E-state index contributed by atoms with van der Waals surface area (Å²) in [6, 6.07) is 6.24. The Balaban J connectivity index is 1.46. The van der Waals surface area contributed by atoms with Crippen molar-refractivity contribution in [2.45, 2.75) is 44.6 Å². The first-order valence-corrected chi connectivity index (χ1v) is 14.0. The lowest BCUT2D eigenvalue weighted by molar-refractivity contribution is -0.111. The number of ether oxygens (including phenoxy) is 1. The Morgan fingerprint density at radius 2 is 1.58 bits per heavy atom. The van der Waals surface area contributed by atoms with Crippen LogP contribution in [-0.4, -0.2) is 85.0 Å². The largest absolute Gasteiger partial charge is 0.507 e. The predicted molar refractivity (Wildman–Crippen MR) is 154 cm³/mol. The third kappa shape index (κ3) is 3.43. The van der Waals surface area contributed by atoms with Crippen LogP contribution < -0.4 is 4.74 Å². The van der Waals surface area contributed by atoms with Crippen molar-refractivity contribution in [1.82, 2.24) is 14.7 Å². The first kappa shape index (κ1) is 27.1. The number of hydrogen-bond donors (Lipinski definition) is 5. The van der Waals surface area contributed by atoms with Crippen LogP contribution >= 0.6 is 0 Å². The Morgan fingerprint density at radius 1 is 0.930 bits per heavy atom. The summed E-state index contributed by atoms with van der Waals surface area (Å²) in [5.41, 5.74) is 3.43. The Kier molecular flexibility index (Phi) is 5.76. The zero-order valence-electron chi connectivity index (χ0n) is 24.0. The first-order valence-electron chi connectivity index (χ1n) is 14.0. The van der Waals surface area contributed by atoms with Gasteiger partial charge in [0, 0.05) is 28.0 Å². The molecule has 2 amide bonds. The fourth-order valence-corrected chi connectivity index (χ4v) is 7.43. The highest BCUT2D eigenvalue weighted by Gasteiger charge is 2.53. The molecule has 4 aliphatic rings. The number of aliphatic hydroxyl groups is 1. The molecule has 4 heterocycles. The fourth-order valence-electron chi connectivity index (χ4n) is 7.43. The lowest BCUT2D eigenvalue weighted by Crippen LogP contribution is -2.63. The highest BCUT2D eigenvalue weighted by atomic mass is 16.5. The van der Waals surface area contributed by atoms with Gasteiger partial charge in [0.05, 0.1) is 42.9 Å². The molecule has 0 unspecified atom stereocenters. The molecule has 5 N–H and O–H groups in total. The van der Waals surface area contributed by atoms with Gasteiger partial charge in [-0.1, -0.05) is 18.2 Å². The third-order valence-corrected chi connectivity index (χ3v) is 9.54. The van der Waals surface area contributed by atoms with Gasteiger partial charge in [-0.3, -0.25) is 19.4 Å². The number of carbonyl (C=O) groups excluding carboxylic acids is 2. The molecule has 11 nitrogen and oxygen atoms in total. The van der Waals surface area contributed by atoms with Gasteiger partial charge >= 0.3 is 0 Å². The number of phenolic OH excluding ortho intramolecular Hbond substituents is 4. The number of imide groups is 1. The molecule has 4 atom stereocenters. The van der Waals surface area contributed by atoms with Gasteiger partial charge in [-0.2, -0.15) is 0 Å². The number of hydrogen-bond acceptors (Lipinski definition) is 10. The van der Waals surface area contributed by atoms with E-state index in [9.17, 15) is 35.1 Å². The molecular weight excluding hydrogens is 554 g/mol. The van der Waals surface area contributed by atoms with E-state index < -0.39 is 47.7 Å². The number of phenols is 4. The number of methoxy groups -OCH3 is 1. The van der Waals surface area contributed by atoms with Gasteiger partial charge in [-0.25, -0.2) is 0 Å². The monoisotopic (exact) mass is 585 g/mol. The van der Waals surface area contributed by atoms with Crippen molar-refractivity contribution in [1.29, 1.82) is 0 Å². The molecule has 0 aromatic heterocycles. The molecule has 11 heteroatoms. The summed E-state index contributed by atoms with van der Waals surface area (Å²) in [5, 5.41) is 56.7. The minimum absolute atomic E-state index is 0.0401. The predicted octanol–water partition coefficient (Wildman–Crippen LogP) is 3.06. The number of aliphatic hydroxyl groups excluding tert-OH is 1. The van der Waals surface area contributed by atoms with Crippen molar-refractivity contribution in [2.75, 3.05) is 20.7 Å². The van der Waals surface area contributed by atoms with E-state index in [0.29, 0.717) is 23.4 Å². The summed E-state index contributed by atoms with van der Waals surface area (Å²) in [6.07, 6.45) is 0.801. The number of fused-ring (bicyclic) bond motifs is 8. The number of rotatable bonds is 3. The molecule has 43 heavy (non-hydrogen) atoms. The Labute approximate surface area is 247 Å². The minimum Gasteiger partial charge on any atom is -0.507 e. The average Bonchev–Trinajstić information content (AvgIpc) is 3.22. The second-order valence-electron chi connectivity index (χ2n) is 11.7. The Hall–Kier alpha value is -4.74. The number of benzene rings is 3. The van der Waals surface area contributed by atoms with Crippen LogP contribution in [0.3, 0.4) is 0 Å². The summed E-state index contributed by atoms with van der Waals surface area (Å²) < 4.78 is 5.52. The summed E-state index contributed by atoms with van der Waals surface area (Å²) in [5.74, 6) is -2.10. The maximum Gasteiger partial charge on any atom is 0.261 e. The Morgan fingerprint density at radius 3 is 2.21 bits per heavy atom. The molecule has 4 aliphatic heterocycles. The van der Waals surface area contributed by atoms with E-state index in [0.717, 1.165) is 16.0 Å². The summed E-state index contributed by atoms with van der Waals surface area (Å²) in [4.78, 5) is 31.6. The van der Waals surface area contributed by atoms with Gasteiger partial charge in [-0.05, 0) is 56.7 Å². The maximum absolute atomic E-state index is 13.5. The van der Waals surface area contributed by atoms with Crippen molar-refractivity contribution in [3.8, 4) is 28.7 Å². The van der Waals surface area contributed by atoms with Gasteiger partial charge < -0.3 is 35.2 Å². The molecular formula is C32H31N3O8. The molecule has 222 valence electrons. The van der Waals surface area contributed by atoms with Crippen LogP contribution in [0.15, 0.2) is 36.0 Å². The number of carbonyl (C=O) groups is 2. The fraction of sp³-hybridized carbons (Fsp3) is 0.312. The normalized spacial score (nSPS) is 23.9. The highest BCUT2D eigenvalue weighted by molar-refractivity contribution is 6.21. The quantitative estimate of drug-likeness (QED) is 0.176. The number of nitrogens with zero attached hydrogens (tertiary/aromatic N) is 3. The van der Waals surface area contributed by atoms with Crippen LogP contribution in [0.4, 0.5) is 0 Å². The SMILES string of the molecule is COc1c(C)cc2c(c1O)[C@@H]1C3=Cc4c(O)c(C)c(O)c(O)c4[C@H](CN4C(=O)c5ccccc5C4=O)N3[C@@H](O)[C@H](C2)N1C. The van der Waals surface area contributed by atoms with E-state index in [-0.39, 0.29) is 45.9 Å². The topological polar surface area (TPSA) is 154 Å². The lowest BCUT2D eigenvalue weighted by Gasteiger charge is -2.57. The molecule has 0 saturated carbocycles. The zero-order valence-corrected chi connectivity index (χ0v) is 24.0. The third-order valence-electron chi connectivity index (χ3n) is 9.54. The molecule has 3 aromatic carbocycles. The smallest absolute Gasteiger partial charge is 0.261 e. The molecule has 7 rings (SSSR count). The lowest BCUT2D eigenvalue weighted by atomic mass is 9.77. The minimum atomic E-state index is -1.19.